The molecule has 6 heteroatoms. The maximum absolute atomic E-state index is 12.3. The van der Waals surface area contributed by atoms with Crippen molar-refractivity contribution in [2.45, 2.75) is 31.1 Å². The van der Waals surface area contributed by atoms with Crippen LogP contribution in [0.25, 0.3) is 11.3 Å². The van der Waals surface area contributed by atoms with E-state index in [1.165, 1.54) is 16.2 Å². The third-order valence-corrected chi connectivity index (χ3v) is 6.35. The lowest BCUT2D eigenvalue weighted by atomic mass is 10.1. The van der Waals surface area contributed by atoms with Gasteiger partial charge in [0.1, 0.15) is 0 Å². The number of benzene rings is 1. The van der Waals surface area contributed by atoms with Gasteiger partial charge in [0.25, 0.3) is 0 Å². The fourth-order valence-electron chi connectivity index (χ4n) is 3.08. The minimum atomic E-state index is 0.214. The highest BCUT2D eigenvalue weighted by Gasteiger charge is 2.31. The zero-order valence-electron chi connectivity index (χ0n) is 13.1. The number of hydrogen-bond donors (Lipinski definition) is 1. The number of nitrogens with zero attached hydrogens (tertiary/aromatic N) is 2. The van der Waals surface area contributed by atoms with Gasteiger partial charge in [0.2, 0.25) is 5.91 Å². The Morgan fingerprint density at radius 3 is 3.17 bits per heavy atom. The van der Waals surface area contributed by atoms with Gasteiger partial charge in [-0.1, -0.05) is 25.5 Å². The fourth-order valence-corrected chi connectivity index (χ4v) is 5.04. The highest BCUT2D eigenvalue weighted by Crippen LogP contribution is 2.46. The maximum atomic E-state index is 12.3. The van der Waals surface area contributed by atoms with Crippen molar-refractivity contribution in [3.8, 4) is 11.3 Å². The summed E-state index contributed by atoms with van der Waals surface area (Å²) in [6, 6.07) is 6.29. The summed E-state index contributed by atoms with van der Waals surface area (Å²) in [5.74, 6) is 0.757. The van der Waals surface area contributed by atoms with Gasteiger partial charge < -0.3 is 10.2 Å². The fraction of sp³-hybridized carbons (Fsp3) is 0.412. The van der Waals surface area contributed by atoms with E-state index in [1.807, 2.05) is 4.90 Å². The number of aromatic nitrogens is 1. The van der Waals surface area contributed by atoms with Crippen LogP contribution in [0.1, 0.15) is 24.6 Å². The number of para-hydroxylation sites is 1. The van der Waals surface area contributed by atoms with Crippen LogP contribution >= 0.6 is 23.1 Å². The molecule has 1 N–H and O–H groups in total. The van der Waals surface area contributed by atoms with Crippen molar-refractivity contribution in [1.29, 1.82) is 0 Å². The minimum Gasteiger partial charge on any atom is -0.361 e. The lowest BCUT2D eigenvalue weighted by molar-refractivity contribution is -0.116. The van der Waals surface area contributed by atoms with E-state index in [1.54, 1.807) is 23.1 Å². The molecule has 120 valence electrons. The summed E-state index contributed by atoms with van der Waals surface area (Å²) in [4.78, 5) is 21.6. The summed E-state index contributed by atoms with van der Waals surface area (Å²) in [7, 11) is 0. The van der Waals surface area contributed by atoms with Crippen LogP contribution in [0, 0.1) is 0 Å². The Bertz CT molecular complexity index is 756. The molecule has 4 rings (SSSR count). The Balaban J connectivity index is 1.76. The van der Waals surface area contributed by atoms with Gasteiger partial charge in [-0.15, -0.1) is 23.1 Å². The van der Waals surface area contributed by atoms with Crippen molar-refractivity contribution >= 4 is 39.8 Å². The first kappa shape index (κ1) is 15.0. The number of thiazole rings is 1. The van der Waals surface area contributed by atoms with E-state index in [0.717, 1.165) is 48.0 Å². The zero-order chi connectivity index (χ0) is 15.8. The second-order valence-electron chi connectivity index (χ2n) is 5.81. The van der Waals surface area contributed by atoms with E-state index in [-0.39, 0.29) is 5.91 Å². The summed E-state index contributed by atoms with van der Waals surface area (Å²) < 4.78 is 0. The monoisotopic (exact) mass is 345 g/mol. The lowest BCUT2D eigenvalue weighted by Crippen LogP contribution is -2.36. The number of unbranched alkanes of at least 4 members (excludes halogenated alkanes) is 1. The smallest absolute Gasteiger partial charge is 0.237 e. The second kappa shape index (κ2) is 6.17. The third-order valence-electron chi connectivity index (χ3n) is 4.24. The van der Waals surface area contributed by atoms with Gasteiger partial charge in [0.15, 0.2) is 5.13 Å². The normalized spacial score (nSPS) is 15.9. The Labute approximate surface area is 144 Å². The number of thioether (sulfide) groups is 1. The van der Waals surface area contributed by atoms with Crippen LogP contribution in [0.4, 0.5) is 10.8 Å². The summed E-state index contributed by atoms with van der Waals surface area (Å²) >= 11 is 3.38. The Hall–Kier alpha value is -1.53. The molecule has 4 nitrogen and oxygen atoms in total. The molecule has 2 aliphatic rings. The topological polar surface area (TPSA) is 45.2 Å². The standard InChI is InChI=1S/C17H19N3OS2/c1-2-3-8-18-17-19-15-11-5-4-6-13-16(11)20(14(21)10-22-13)9-7-12(15)23-17/h4-6H,2-3,7-10H2,1H3,(H,18,19). The molecule has 2 aliphatic heterocycles. The molecular weight excluding hydrogens is 326 g/mol. The predicted octanol–water partition coefficient (Wildman–Crippen LogP) is 4.02. The third kappa shape index (κ3) is 2.64. The number of carbonyl (C=O) groups is 1. The Morgan fingerprint density at radius 2 is 2.30 bits per heavy atom. The van der Waals surface area contributed by atoms with Gasteiger partial charge in [0, 0.05) is 34.8 Å². The zero-order valence-corrected chi connectivity index (χ0v) is 14.7. The van der Waals surface area contributed by atoms with Crippen molar-refractivity contribution in [3.05, 3.63) is 23.1 Å². The molecule has 0 spiro atoms. The molecule has 0 fully saturated rings. The summed E-state index contributed by atoms with van der Waals surface area (Å²) in [5.41, 5.74) is 3.23. The van der Waals surface area contributed by atoms with Crippen LogP contribution in [0.5, 0.6) is 0 Å². The van der Waals surface area contributed by atoms with Crippen molar-refractivity contribution in [1.82, 2.24) is 4.98 Å². The van der Waals surface area contributed by atoms with Gasteiger partial charge in [0.05, 0.1) is 17.1 Å². The predicted molar refractivity (Wildman–Crippen MR) is 97.7 cm³/mol. The summed E-state index contributed by atoms with van der Waals surface area (Å²) in [6.45, 7) is 3.92. The number of anilines is 2. The molecule has 0 radical (unpaired) electrons. The molecular formula is C17H19N3OS2. The minimum absolute atomic E-state index is 0.214. The molecule has 0 bridgehead atoms. The number of fused-ring (bicyclic) bond motifs is 2. The molecule has 0 aliphatic carbocycles. The van der Waals surface area contributed by atoms with E-state index >= 15 is 0 Å². The van der Waals surface area contributed by atoms with Gasteiger partial charge in [-0.2, -0.15) is 0 Å². The molecule has 0 saturated carbocycles. The first-order valence-electron chi connectivity index (χ1n) is 8.08. The van der Waals surface area contributed by atoms with Crippen LogP contribution in [-0.2, 0) is 11.2 Å². The van der Waals surface area contributed by atoms with Crippen LogP contribution in [0.3, 0.4) is 0 Å². The van der Waals surface area contributed by atoms with E-state index in [4.69, 9.17) is 4.98 Å². The van der Waals surface area contributed by atoms with E-state index < -0.39 is 0 Å². The van der Waals surface area contributed by atoms with Crippen LogP contribution in [0.2, 0.25) is 0 Å². The molecule has 0 unspecified atom stereocenters. The number of amides is 1. The van der Waals surface area contributed by atoms with Crippen LogP contribution in [0.15, 0.2) is 23.1 Å². The Morgan fingerprint density at radius 1 is 1.39 bits per heavy atom. The van der Waals surface area contributed by atoms with Crippen molar-refractivity contribution in [2.75, 3.05) is 29.1 Å². The van der Waals surface area contributed by atoms with E-state index in [0.29, 0.717) is 5.75 Å². The number of rotatable bonds is 4. The van der Waals surface area contributed by atoms with E-state index in [9.17, 15) is 4.79 Å². The average molecular weight is 345 g/mol. The number of carbonyl (C=O) groups excluding carboxylic acids is 1. The van der Waals surface area contributed by atoms with Crippen LogP contribution in [-0.4, -0.2) is 29.7 Å². The van der Waals surface area contributed by atoms with Crippen molar-refractivity contribution in [2.24, 2.45) is 0 Å². The van der Waals surface area contributed by atoms with Gasteiger partial charge in [-0.05, 0) is 12.5 Å². The first-order chi connectivity index (χ1) is 11.3. The van der Waals surface area contributed by atoms with Gasteiger partial charge >= 0.3 is 0 Å². The number of hydrogen-bond acceptors (Lipinski definition) is 5. The van der Waals surface area contributed by atoms with Gasteiger partial charge in [-0.25, -0.2) is 4.98 Å². The first-order valence-corrected chi connectivity index (χ1v) is 9.88. The second-order valence-corrected chi connectivity index (χ2v) is 7.91. The van der Waals surface area contributed by atoms with Gasteiger partial charge in [-0.3, -0.25) is 4.79 Å². The highest BCUT2D eigenvalue weighted by atomic mass is 32.2. The summed E-state index contributed by atoms with van der Waals surface area (Å²) in [5, 5.41) is 4.44. The van der Waals surface area contributed by atoms with Crippen LogP contribution < -0.4 is 10.2 Å². The SMILES string of the molecule is CCCCNc1nc2c(s1)CCN1C(=O)CSc3cccc-2c31. The molecule has 0 saturated heterocycles. The quantitative estimate of drug-likeness (QED) is 0.850. The molecule has 1 aromatic carbocycles. The molecule has 23 heavy (non-hydrogen) atoms. The molecule has 2 aromatic rings. The molecule has 1 amide bonds. The Kier molecular flexibility index (Phi) is 4.03. The maximum Gasteiger partial charge on any atom is 0.237 e. The van der Waals surface area contributed by atoms with Crippen molar-refractivity contribution < 1.29 is 4.79 Å². The largest absolute Gasteiger partial charge is 0.361 e. The molecule has 3 heterocycles. The van der Waals surface area contributed by atoms with E-state index in [2.05, 4.69) is 30.4 Å². The lowest BCUT2D eigenvalue weighted by Gasteiger charge is -2.29. The molecule has 1 aromatic heterocycles. The van der Waals surface area contributed by atoms with Crippen molar-refractivity contribution in [3.63, 3.8) is 0 Å². The molecule has 0 atom stereocenters. The number of nitrogens with one attached hydrogen (secondary N) is 1. The summed E-state index contributed by atoms with van der Waals surface area (Å²) in [6.07, 6.45) is 3.22. The average Bonchev–Trinajstić information content (AvgIpc) is 2.90. The highest BCUT2D eigenvalue weighted by molar-refractivity contribution is 8.00.